The minimum absolute atomic E-state index is 0.260. The van der Waals surface area contributed by atoms with Crippen LogP contribution in [0.3, 0.4) is 0 Å². The number of hydrogen-bond acceptors (Lipinski definition) is 4. The molecule has 0 bridgehead atoms. The van der Waals surface area contributed by atoms with Gasteiger partial charge in [0.1, 0.15) is 6.04 Å². The number of ether oxygens (including phenoxy) is 1. The number of hydrogen-bond donors (Lipinski definition) is 1. The number of para-hydroxylation sites is 1. The van der Waals surface area contributed by atoms with Crippen LogP contribution < -0.4 is 5.32 Å². The lowest BCUT2D eigenvalue weighted by atomic mass is 10.1. The van der Waals surface area contributed by atoms with Crippen LogP contribution >= 0.6 is 0 Å². The van der Waals surface area contributed by atoms with Gasteiger partial charge in [0.05, 0.1) is 7.11 Å². The summed E-state index contributed by atoms with van der Waals surface area (Å²) in [5.41, 5.74) is 2.13. The summed E-state index contributed by atoms with van der Waals surface area (Å²) in [6.45, 7) is 2.62. The van der Waals surface area contributed by atoms with Crippen molar-refractivity contribution in [2.24, 2.45) is 0 Å². The number of methoxy groups -OCH3 is 1. The molecule has 0 fully saturated rings. The van der Waals surface area contributed by atoms with Gasteiger partial charge in [-0.05, 0) is 32.6 Å². The van der Waals surface area contributed by atoms with E-state index < -0.39 is 0 Å². The molecule has 1 rings (SSSR count). The molecule has 0 heterocycles. The quantitative estimate of drug-likeness (QED) is 0.790. The molecule has 0 amide bonds. The first-order valence-corrected chi connectivity index (χ1v) is 5.61. The van der Waals surface area contributed by atoms with Crippen molar-refractivity contribution in [3.63, 3.8) is 0 Å². The van der Waals surface area contributed by atoms with E-state index in [1.807, 2.05) is 38.4 Å². The fraction of sp³-hybridized carbons (Fsp3) is 0.462. The van der Waals surface area contributed by atoms with Crippen LogP contribution in [0.5, 0.6) is 0 Å². The SMILES string of the molecule is COC(=O)C(C)Nc1ccccc1CN(C)C. The van der Waals surface area contributed by atoms with Crippen molar-refractivity contribution in [1.29, 1.82) is 0 Å². The van der Waals surface area contributed by atoms with Gasteiger partial charge < -0.3 is 15.0 Å². The smallest absolute Gasteiger partial charge is 0.327 e. The predicted octanol–water partition coefficient (Wildman–Crippen LogP) is 1.72. The highest BCUT2D eigenvalue weighted by molar-refractivity contribution is 5.79. The normalized spacial score (nSPS) is 12.3. The van der Waals surface area contributed by atoms with Gasteiger partial charge in [0, 0.05) is 12.2 Å². The molecule has 0 aliphatic carbocycles. The molecular formula is C13H20N2O2. The van der Waals surface area contributed by atoms with Gasteiger partial charge in [0.2, 0.25) is 0 Å². The summed E-state index contributed by atoms with van der Waals surface area (Å²) in [6, 6.07) is 7.62. The van der Waals surface area contributed by atoms with E-state index in [0.29, 0.717) is 0 Å². The Balaban J connectivity index is 2.79. The Kier molecular flexibility index (Phi) is 4.97. The Labute approximate surface area is 103 Å². The predicted molar refractivity (Wildman–Crippen MR) is 68.9 cm³/mol. The maximum Gasteiger partial charge on any atom is 0.327 e. The topological polar surface area (TPSA) is 41.6 Å². The number of nitrogens with zero attached hydrogens (tertiary/aromatic N) is 1. The van der Waals surface area contributed by atoms with Crippen LogP contribution in [0.1, 0.15) is 12.5 Å². The van der Waals surface area contributed by atoms with E-state index in [1.165, 1.54) is 7.11 Å². The minimum Gasteiger partial charge on any atom is -0.467 e. The van der Waals surface area contributed by atoms with Crippen molar-refractivity contribution < 1.29 is 9.53 Å². The van der Waals surface area contributed by atoms with Crippen LogP contribution in [0, 0.1) is 0 Å². The molecule has 94 valence electrons. The number of rotatable bonds is 5. The summed E-state index contributed by atoms with van der Waals surface area (Å²) in [7, 11) is 5.42. The van der Waals surface area contributed by atoms with Gasteiger partial charge in [-0.2, -0.15) is 0 Å². The Bertz CT molecular complexity index is 377. The third kappa shape index (κ3) is 4.07. The molecule has 0 radical (unpaired) electrons. The number of carbonyl (C=O) groups excluding carboxylic acids is 1. The molecule has 0 aromatic heterocycles. The first kappa shape index (κ1) is 13.5. The van der Waals surface area contributed by atoms with Crippen LogP contribution in [0.4, 0.5) is 5.69 Å². The number of benzene rings is 1. The molecule has 1 aromatic rings. The van der Waals surface area contributed by atoms with Crippen LogP contribution in [0.25, 0.3) is 0 Å². The van der Waals surface area contributed by atoms with Crippen molar-refractivity contribution in [1.82, 2.24) is 4.90 Å². The first-order valence-electron chi connectivity index (χ1n) is 5.61. The average molecular weight is 236 g/mol. The van der Waals surface area contributed by atoms with Crippen LogP contribution in [-0.4, -0.2) is 38.1 Å². The molecule has 4 nitrogen and oxygen atoms in total. The third-order valence-corrected chi connectivity index (χ3v) is 2.43. The summed E-state index contributed by atoms with van der Waals surface area (Å²) in [6.07, 6.45) is 0. The lowest BCUT2D eigenvalue weighted by molar-refractivity contribution is -0.141. The fourth-order valence-electron chi connectivity index (χ4n) is 1.61. The number of esters is 1. The fourth-order valence-corrected chi connectivity index (χ4v) is 1.61. The second-order valence-electron chi connectivity index (χ2n) is 4.28. The van der Waals surface area contributed by atoms with Gasteiger partial charge in [-0.25, -0.2) is 4.79 Å². The molecule has 1 N–H and O–H groups in total. The largest absolute Gasteiger partial charge is 0.467 e. The lowest BCUT2D eigenvalue weighted by Crippen LogP contribution is -2.28. The van der Waals surface area contributed by atoms with E-state index in [-0.39, 0.29) is 12.0 Å². The molecular weight excluding hydrogens is 216 g/mol. The molecule has 1 unspecified atom stereocenters. The zero-order valence-corrected chi connectivity index (χ0v) is 10.9. The summed E-state index contributed by atoms with van der Waals surface area (Å²) in [5, 5.41) is 3.17. The van der Waals surface area contributed by atoms with Gasteiger partial charge in [-0.15, -0.1) is 0 Å². The van der Waals surface area contributed by atoms with Crippen LogP contribution in [0.15, 0.2) is 24.3 Å². The lowest BCUT2D eigenvalue weighted by Gasteiger charge is -2.18. The summed E-state index contributed by atoms with van der Waals surface area (Å²) in [5.74, 6) is -0.260. The van der Waals surface area contributed by atoms with E-state index in [9.17, 15) is 4.79 Å². The molecule has 4 heteroatoms. The van der Waals surface area contributed by atoms with Crippen LogP contribution in [0.2, 0.25) is 0 Å². The molecule has 0 saturated heterocycles. The number of anilines is 1. The van der Waals surface area contributed by atoms with Gasteiger partial charge in [0.25, 0.3) is 0 Å². The molecule has 17 heavy (non-hydrogen) atoms. The van der Waals surface area contributed by atoms with Gasteiger partial charge in [-0.1, -0.05) is 18.2 Å². The highest BCUT2D eigenvalue weighted by Crippen LogP contribution is 2.17. The minimum atomic E-state index is -0.344. The molecule has 1 atom stereocenters. The van der Waals surface area contributed by atoms with Crippen LogP contribution in [-0.2, 0) is 16.1 Å². The molecule has 0 aliphatic rings. The third-order valence-electron chi connectivity index (χ3n) is 2.43. The van der Waals surface area contributed by atoms with E-state index in [0.717, 1.165) is 17.8 Å². The Morgan fingerprint density at radius 2 is 2.06 bits per heavy atom. The summed E-state index contributed by atoms with van der Waals surface area (Å²) in [4.78, 5) is 13.4. The van der Waals surface area contributed by atoms with E-state index in [1.54, 1.807) is 6.92 Å². The number of nitrogens with one attached hydrogen (secondary N) is 1. The van der Waals surface area contributed by atoms with Crippen molar-refractivity contribution in [3.8, 4) is 0 Å². The average Bonchev–Trinajstić information content (AvgIpc) is 2.29. The number of carbonyl (C=O) groups is 1. The molecule has 0 spiro atoms. The van der Waals surface area contributed by atoms with Crippen molar-refractivity contribution >= 4 is 11.7 Å². The first-order chi connectivity index (χ1) is 8.04. The second-order valence-corrected chi connectivity index (χ2v) is 4.28. The molecule has 1 aromatic carbocycles. The van der Waals surface area contributed by atoms with Crippen molar-refractivity contribution in [2.75, 3.05) is 26.5 Å². The zero-order valence-electron chi connectivity index (χ0n) is 10.9. The van der Waals surface area contributed by atoms with Crippen molar-refractivity contribution in [2.45, 2.75) is 19.5 Å². The molecule has 0 saturated carbocycles. The van der Waals surface area contributed by atoms with E-state index >= 15 is 0 Å². The highest BCUT2D eigenvalue weighted by atomic mass is 16.5. The Morgan fingerprint density at radius 1 is 1.41 bits per heavy atom. The van der Waals surface area contributed by atoms with Gasteiger partial charge >= 0.3 is 5.97 Å². The van der Waals surface area contributed by atoms with E-state index in [2.05, 4.69) is 10.2 Å². The maximum atomic E-state index is 11.4. The van der Waals surface area contributed by atoms with E-state index in [4.69, 9.17) is 4.74 Å². The van der Waals surface area contributed by atoms with Crippen molar-refractivity contribution in [3.05, 3.63) is 29.8 Å². The summed E-state index contributed by atoms with van der Waals surface area (Å²) >= 11 is 0. The second kappa shape index (κ2) is 6.25. The standard InChI is InChI=1S/C13H20N2O2/c1-10(13(16)17-4)14-12-8-6-5-7-11(12)9-15(2)3/h5-8,10,14H,9H2,1-4H3. The van der Waals surface area contributed by atoms with Gasteiger partial charge in [0.15, 0.2) is 0 Å². The molecule has 0 aliphatic heterocycles. The zero-order chi connectivity index (χ0) is 12.8. The maximum absolute atomic E-state index is 11.4. The van der Waals surface area contributed by atoms with Gasteiger partial charge in [-0.3, -0.25) is 0 Å². The Hall–Kier alpha value is -1.55. The monoisotopic (exact) mass is 236 g/mol. The summed E-state index contributed by atoms with van der Waals surface area (Å²) < 4.78 is 4.69. The Morgan fingerprint density at radius 3 is 2.65 bits per heavy atom. The highest BCUT2D eigenvalue weighted by Gasteiger charge is 2.14.